The molecule has 2 aromatic carbocycles. The SMILES string of the molecule is CC(OC(=O)c1cccc(C(F)(F)F)c1)C(=O)NCc1ccccc1. The van der Waals surface area contributed by atoms with Gasteiger partial charge >= 0.3 is 12.1 Å². The maximum absolute atomic E-state index is 12.7. The summed E-state index contributed by atoms with van der Waals surface area (Å²) in [6.07, 6.45) is -5.69. The summed E-state index contributed by atoms with van der Waals surface area (Å²) in [6.45, 7) is 1.61. The average Bonchev–Trinajstić information content (AvgIpc) is 2.59. The second kappa shape index (κ2) is 7.83. The fourth-order valence-electron chi connectivity index (χ4n) is 2.03. The van der Waals surface area contributed by atoms with Crippen molar-refractivity contribution in [1.29, 1.82) is 0 Å². The summed E-state index contributed by atoms with van der Waals surface area (Å²) in [5.74, 6) is -1.53. The molecule has 2 rings (SSSR count). The van der Waals surface area contributed by atoms with Crippen molar-refractivity contribution in [2.24, 2.45) is 0 Å². The van der Waals surface area contributed by atoms with Crippen LogP contribution in [0.3, 0.4) is 0 Å². The summed E-state index contributed by atoms with van der Waals surface area (Å²) in [5, 5.41) is 2.60. The summed E-state index contributed by atoms with van der Waals surface area (Å²) in [7, 11) is 0. The third-order valence-electron chi connectivity index (χ3n) is 3.39. The zero-order chi connectivity index (χ0) is 18.4. The molecular formula is C18H16F3NO3. The molecule has 1 atom stereocenters. The lowest BCUT2D eigenvalue weighted by Gasteiger charge is -2.14. The van der Waals surface area contributed by atoms with Gasteiger partial charge < -0.3 is 10.1 Å². The van der Waals surface area contributed by atoms with Gasteiger partial charge in [-0.15, -0.1) is 0 Å². The van der Waals surface area contributed by atoms with Gasteiger partial charge in [0.25, 0.3) is 5.91 Å². The molecule has 1 amide bonds. The predicted molar refractivity (Wildman–Crippen MR) is 84.6 cm³/mol. The minimum Gasteiger partial charge on any atom is -0.449 e. The Morgan fingerprint density at radius 1 is 1.08 bits per heavy atom. The molecule has 0 aromatic heterocycles. The van der Waals surface area contributed by atoms with Crippen LogP contribution in [0.1, 0.15) is 28.4 Å². The molecule has 0 fully saturated rings. The number of rotatable bonds is 5. The highest BCUT2D eigenvalue weighted by atomic mass is 19.4. The Morgan fingerprint density at radius 3 is 2.40 bits per heavy atom. The number of amides is 1. The van der Waals surface area contributed by atoms with Crippen LogP contribution in [0.15, 0.2) is 54.6 Å². The van der Waals surface area contributed by atoms with E-state index in [1.54, 1.807) is 0 Å². The molecule has 0 saturated carbocycles. The van der Waals surface area contributed by atoms with Crippen LogP contribution < -0.4 is 5.32 Å². The van der Waals surface area contributed by atoms with Crippen LogP contribution in [0, 0.1) is 0 Å². The Bertz CT molecular complexity index is 745. The summed E-state index contributed by atoms with van der Waals surface area (Å²) in [4.78, 5) is 23.9. The molecule has 0 aliphatic heterocycles. The smallest absolute Gasteiger partial charge is 0.416 e. The summed E-state index contributed by atoms with van der Waals surface area (Å²) < 4.78 is 42.9. The fourth-order valence-corrected chi connectivity index (χ4v) is 2.03. The summed E-state index contributed by atoms with van der Waals surface area (Å²) in [5.41, 5.74) is -0.354. The van der Waals surface area contributed by atoms with Crippen molar-refractivity contribution in [3.63, 3.8) is 0 Å². The first kappa shape index (κ1) is 18.5. The number of hydrogen-bond donors (Lipinski definition) is 1. The van der Waals surface area contributed by atoms with Gasteiger partial charge in [-0.1, -0.05) is 36.4 Å². The van der Waals surface area contributed by atoms with Crippen molar-refractivity contribution >= 4 is 11.9 Å². The van der Waals surface area contributed by atoms with E-state index in [4.69, 9.17) is 4.74 Å². The molecule has 132 valence electrons. The maximum atomic E-state index is 12.7. The number of ether oxygens (including phenoxy) is 1. The Morgan fingerprint density at radius 2 is 1.76 bits per heavy atom. The quantitative estimate of drug-likeness (QED) is 0.838. The van der Waals surface area contributed by atoms with Crippen molar-refractivity contribution in [1.82, 2.24) is 5.32 Å². The van der Waals surface area contributed by atoms with Crippen molar-refractivity contribution in [2.45, 2.75) is 25.7 Å². The van der Waals surface area contributed by atoms with Gasteiger partial charge in [0.05, 0.1) is 11.1 Å². The van der Waals surface area contributed by atoms with E-state index in [2.05, 4.69) is 5.32 Å². The highest BCUT2D eigenvalue weighted by molar-refractivity contribution is 5.92. The molecule has 25 heavy (non-hydrogen) atoms. The molecule has 7 heteroatoms. The highest BCUT2D eigenvalue weighted by Gasteiger charge is 2.31. The Kier molecular flexibility index (Phi) is 5.80. The van der Waals surface area contributed by atoms with E-state index in [-0.39, 0.29) is 12.1 Å². The maximum Gasteiger partial charge on any atom is 0.416 e. The molecule has 4 nitrogen and oxygen atoms in total. The lowest BCUT2D eigenvalue weighted by Crippen LogP contribution is -2.35. The van der Waals surface area contributed by atoms with Gasteiger partial charge in [0, 0.05) is 6.54 Å². The second-order valence-electron chi connectivity index (χ2n) is 5.33. The zero-order valence-electron chi connectivity index (χ0n) is 13.3. The first-order valence-electron chi connectivity index (χ1n) is 7.47. The van der Waals surface area contributed by atoms with E-state index >= 15 is 0 Å². The standard InChI is InChI=1S/C18H16F3NO3/c1-12(16(23)22-11-13-6-3-2-4-7-13)25-17(24)14-8-5-9-15(10-14)18(19,20)21/h2-10,12H,11H2,1H3,(H,22,23). The van der Waals surface area contributed by atoms with Crippen LogP contribution in [0.5, 0.6) is 0 Å². The largest absolute Gasteiger partial charge is 0.449 e. The second-order valence-corrected chi connectivity index (χ2v) is 5.33. The molecule has 2 aromatic rings. The average molecular weight is 351 g/mol. The number of benzene rings is 2. The van der Waals surface area contributed by atoms with E-state index in [9.17, 15) is 22.8 Å². The molecule has 0 spiro atoms. The molecule has 0 radical (unpaired) electrons. The first-order valence-corrected chi connectivity index (χ1v) is 7.47. The van der Waals surface area contributed by atoms with Gasteiger partial charge in [-0.05, 0) is 30.7 Å². The van der Waals surface area contributed by atoms with Crippen LogP contribution in [0.4, 0.5) is 13.2 Å². The van der Waals surface area contributed by atoms with Crippen molar-refractivity contribution in [3.05, 3.63) is 71.3 Å². The molecule has 0 aliphatic carbocycles. The lowest BCUT2D eigenvalue weighted by molar-refractivity contribution is -0.137. The van der Waals surface area contributed by atoms with Gasteiger partial charge in [-0.2, -0.15) is 13.2 Å². The van der Waals surface area contributed by atoms with Gasteiger partial charge in [-0.3, -0.25) is 4.79 Å². The first-order chi connectivity index (χ1) is 11.8. The molecule has 1 N–H and O–H groups in total. The van der Waals surface area contributed by atoms with Gasteiger partial charge in [-0.25, -0.2) is 4.79 Å². The zero-order valence-corrected chi connectivity index (χ0v) is 13.3. The number of nitrogens with one attached hydrogen (secondary N) is 1. The van der Waals surface area contributed by atoms with Crippen LogP contribution in [0.2, 0.25) is 0 Å². The molecule has 1 unspecified atom stereocenters. The Hall–Kier alpha value is -2.83. The minimum atomic E-state index is -4.56. The molecule has 0 saturated heterocycles. The minimum absolute atomic E-state index is 0.255. The van der Waals surface area contributed by atoms with Crippen LogP contribution in [-0.2, 0) is 22.3 Å². The van der Waals surface area contributed by atoms with E-state index in [1.165, 1.54) is 13.0 Å². The molecule has 0 heterocycles. The Labute approximate surface area is 142 Å². The van der Waals surface area contributed by atoms with E-state index in [0.29, 0.717) is 6.07 Å². The molecule has 0 aliphatic rings. The van der Waals surface area contributed by atoms with Crippen molar-refractivity contribution < 1.29 is 27.5 Å². The number of esters is 1. The van der Waals surface area contributed by atoms with Gasteiger partial charge in [0.15, 0.2) is 6.10 Å². The van der Waals surface area contributed by atoms with Crippen LogP contribution >= 0.6 is 0 Å². The number of hydrogen-bond acceptors (Lipinski definition) is 3. The Balaban J connectivity index is 1.94. The predicted octanol–water partition coefficient (Wildman–Crippen LogP) is 3.57. The third-order valence-corrected chi connectivity index (χ3v) is 3.39. The number of carbonyl (C=O) groups excluding carboxylic acids is 2. The topological polar surface area (TPSA) is 55.4 Å². The van der Waals surface area contributed by atoms with E-state index < -0.39 is 29.7 Å². The fraction of sp³-hybridized carbons (Fsp3) is 0.222. The number of halogens is 3. The van der Waals surface area contributed by atoms with Crippen LogP contribution in [-0.4, -0.2) is 18.0 Å². The molecule has 0 bridgehead atoms. The number of alkyl halides is 3. The third kappa shape index (κ3) is 5.34. The normalized spacial score (nSPS) is 12.3. The van der Waals surface area contributed by atoms with E-state index in [0.717, 1.165) is 17.7 Å². The summed E-state index contributed by atoms with van der Waals surface area (Å²) >= 11 is 0. The summed E-state index contributed by atoms with van der Waals surface area (Å²) in [6, 6.07) is 13.0. The monoisotopic (exact) mass is 351 g/mol. The van der Waals surface area contributed by atoms with Crippen LogP contribution in [0.25, 0.3) is 0 Å². The van der Waals surface area contributed by atoms with Gasteiger partial charge in [0.2, 0.25) is 0 Å². The lowest BCUT2D eigenvalue weighted by atomic mass is 10.1. The number of carbonyl (C=O) groups is 2. The van der Waals surface area contributed by atoms with Gasteiger partial charge in [0.1, 0.15) is 0 Å². The molecular weight excluding hydrogens is 335 g/mol. The van der Waals surface area contributed by atoms with E-state index in [1.807, 2.05) is 30.3 Å². The van der Waals surface area contributed by atoms with Crippen molar-refractivity contribution in [2.75, 3.05) is 0 Å². The highest BCUT2D eigenvalue weighted by Crippen LogP contribution is 2.29. The van der Waals surface area contributed by atoms with Crippen molar-refractivity contribution in [3.8, 4) is 0 Å².